The second-order valence-corrected chi connectivity index (χ2v) is 5.80. The van der Waals surface area contributed by atoms with Crippen molar-refractivity contribution in [1.82, 2.24) is 0 Å². The number of hydrogen-bond donors (Lipinski definition) is 1. The molecule has 0 aliphatic rings. The van der Waals surface area contributed by atoms with Crippen LogP contribution in [0.5, 0.6) is 5.75 Å². The molecule has 132 valence electrons. The van der Waals surface area contributed by atoms with Crippen molar-refractivity contribution >= 4 is 29.2 Å². The summed E-state index contributed by atoms with van der Waals surface area (Å²) in [4.78, 5) is 24.0. The number of ether oxygens (including phenoxy) is 2. The van der Waals surface area contributed by atoms with E-state index >= 15 is 0 Å². The fourth-order valence-corrected chi connectivity index (χ4v) is 2.42. The molecule has 0 heterocycles. The van der Waals surface area contributed by atoms with Crippen LogP contribution in [0.1, 0.15) is 29.8 Å². The average molecular weight is 362 g/mol. The molecular formula is C19H20ClNO4. The Bertz CT molecular complexity index is 776. The Morgan fingerprint density at radius 1 is 1.20 bits per heavy atom. The summed E-state index contributed by atoms with van der Waals surface area (Å²) in [5.41, 5.74) is 1.65. The average Bonchev–Trinajstić information content (AvgIpc) is 2.63. The fraction of sp³-hybridized carbons (Fsp3) is 0.263. The standard InChI is InChI=1S/C19H20ClNO4/c1-4-13-7-5-6-8-17(13)25-12(2)18(22)21-16-11-14(19(23)24-3)9-10-15(16)20/h5-12H,4H2,1-3H3,(H,21,22)/t12-/m0/s1. The van der Waals surface area contributed by atoms with Crippen LogP contribution in [0, 0.1) is 0 Å². The third-order valence-corrected chi connectivity index (χ3v) is 4.00. The first kappa shape index (κ1) is 18.8. The Labute approximate surface area is 151 Å². The lowest BCUT2D eigenvalue weighted by atomic mass is 10.1. The molecule has 0 fully saturated rings. The van der Waals surface area contributed by atoms with Gasteiger partial charge in [-0.15, -0.1) is 0 Å². The monoisotopic (exact) mass is 361 g/mol. The Kier molecular flexibility index (Phi) is 6.42. The first-order valence-electron chi connectivity index (χ1n) is 7.89. The lowest BCUT2D eigenvalue weighted by molar-refractivity contribution is -0.122. The summed E-state index contributed by atoms with van der Waals surface area (Å²) in [5.74, 6) is -0.204. The number of hydrogen-bond acceptors (Lipinski definition) is 4. The van der Waals surface area contributed by atoms with Crippen molar-refractivity contribution in [2.24, 2.45) is 0 Å². The summed E-state index contributed by atoms with van der Waals surface area (Å²) in [6, 6.07) is 12.1. The predicted molar refractivity (Wildman–Crippen MR) is 97.3 cm³/mol. The van der Waals surface area contributed by atoms with Gasteiger partial charge in [0.25, 0.3) is 5.91 Å². The van der Waals surface area contributed by atoms with Crippen LogP contribution in [0.4, 0.5) is 5.69 Å². The molecule has 2 aromatic rings. The summed E-state index contributed by atoms with van der Waals surface area (Å²) >= 11 is 6.09. The highest BCUT2D eigenvalue weighted by atomic mass is 35.5. The first-order valence-corrected chi connectivity index (χ1v) is 8.27. The van der Waals surface area contributed by atoms with Gasteiger partial charge in [0.15, 0.2) is 6.10 Å². The van der Waals surface area contributed by atoms with Crippen molar-refractivity contribution < 1.29 is 19.1 Å². The van der Waals surface area contributed by atoms with Crippen LogP contribution in [-0.2, 0) is 16.0 Å². The van der Waals surface area contributed by atoms with Gasteiger partial charge in [-0.25, -0.2) is 4.79 Å². The highest BCUT2D eigenvalue weighted by Gasteiger charge is 2.18. The molecule has 0 spiro atoms. The fourth-order valence-electron chi connectivity index (χ4n) is 2.26. The van der Waals surface area contributed by atoms with Crippen molar-refractivity contribution in [2.45, 2.75) is 26.4 Å². The molecule has 0 unspecified atom stereocenters. The number of anilines is 1. The van der Waals surface area contributed by atoms with Crippen molar-refractivity contribution in [3.8, 4) is 5.75 Å². The summed E-state index contributed by atoms with van der Waals surface area (Å²) in [7, 11) is 1.29. The van der Waals surface area contributed by atoms with E-state index in [0.717, 1.165) is 12.0 Å². The zero-order valence-electron chi connectivity index (χ0n) is 14.3. The smallest absolute Gasteiger partial charge is 0.337 e. The molecule has 1 N–H and O–H groups in total. The Morgan fingerprint density at radius 2 is 1.92 bits per heavy atom. The van der Waals surface area contributed by atoms with Gasteiger partial charge in [-0.1, -0.05) is 36.7 Å². The number of esters is 1. The lowest BCUT2D eigenvalue weighted by Crippen LogP contribution is -2.30. The molecule has 0 saturated heterocycles. The topological polar surface area (TPSA) is 64.6 Å². The van der Waals surface area contributed by atoms with E-state index in [4.69, 9.17) is 16.3 Å². The molecule has 1 atom stereocenters. The predicted octanol–water partition coefficient (Wildman–Crippen LogP) is 4.10. The molecule has 6 heteroatoms. The summed E-state index contributed by atoms with van der Waals surface area (Å²) < 4.78 is 10.4. The van der Waals surface area contributed by atoms with Crippen LogP contribution in [0.15, 0.2) is 42.5 Å². The van der Waals surface area contributed by atoms with Gasteiger partial charge >= 0.3 is 5.97 Å². The second kappa shape index (κ2) is 8.53. The molecule has 2 aromatic carbocycles. The van der Waals surface area contributed by atoms with Crippen molar-refractivity contribution in [3.05, 3.63) is 58.6 Å². The van der Waals surface area contributed by atoms with Crippen molar-refractivity contribution in [1.29, 1.82) is 0 Å². The summed E-state index contributed by atoms with van der Waals surface area (Å²) in [5, 5.41) is 3.00. The van der Waals surface area contributed by atoms with Gasteiger partial charge < -0.3 is 14.8 Å². The van der Waals surface area contributed by atoms with Crippen LogP contribution in [-0.4, -0.2) is 25.1 Å². The molecule has 2 rings (SSSR count). The van der Waals surface area contributed by atoms with E-state index < -0.39 is 12.1 Å². The number of carbonyl (C=O) groups is 2. The number of carbonyl (C=O) groups excluding carboxylic acids is 2. The van der Waals surface area contributed by atoms with Crippen molar-refractivity contribution in [2.75, 3.05) is 12.4 Å². The molecule has 0 aromatic heterocycles. The van der Waals surface area contributed by atoms with Gasteiger partial charge in [-0.2, -0.15) is 0 Å². The number of rotatable bonds is 6. The zero-order chi connectivity index (χ0) is 18.4. The molecule has 0 aliphatic carbocycles. The van der Waals surface area contributed by atoms with Crippen LogP contribution >= 0.6 is 11.6 Å². The van der Waals surface area contributed by atoms with Gasteiger partial charge in [0, 0.05) is 0 Å². The molecule has 0 radical (unpaired) electrons. The molecular weight excluding hydrogens is 342 g/mol. The normalized spacial score (nSPS) is 11.5. The van der Waals surface area contributed by atoms with Gasteiger partial charge in [0.2, 0.25) is 0 Å². The van der Waals surface area contributed by atoms with Gasteiger partial charge in [0.1, 0.15) is 5.75 Å². The van der Waals surface area contributed by atoms with E-state index in [-0.39, 0.29) is 5.91 Å². The SMILES string of the molecule is CCc1ccccc1O[C@@H](C)C(=O)Nc1cc(C(=O)OC)ccc1Cl. The largest absolute Gasteiger partial charge is 0.481 e. The van der Waals surface area contributed by atoms with E-state index in [1.165, 1.54) is 25.3 Å². The zero-order valence-corrected chi connectivity index (χ0v) is 15.1. The number of aryl methyl sites for hydroxylation is 1. The molecule has 0 bridgehead atoms. The van der Waals surface area contributed by atoms with E-state index in [9.17, 15) is 9.59 Å². The number of amides is 1. The number of benzene rings is 2. The van der Waals surface area contributed by atoms with Crippen LogP contribution < -0.4 is 10.1 Å². The highest BCUT2D eigenvalue weighted by molar-refractivity contribution is 6.33. The minimum Gasteiger partial charge on any atom is -0.481 e. The van der Waals surface area contributed by atoms with Crippen LogP contribution in [0.25, 0.3) is 0 Å². The summed E-state index contributed by atoms with van der Waals surface area (Å²) in [6.07, 6.45) is 0.0721. The first-order chi connectivity index (χ1) is 12.0. The third kappa shape index (κ3) is 4.73. The third-order valence-electron chi connectivity index (χ3n) is 3.67. The molecule has 1 amide bonds. The maximum Gasteiger partial charge on any atom is 0.337 e. The Balaban J connectivity index is 2.12. The van der Waals surface area contributed by atoms with Crippen LogP contribution in [0.3, 0.4) is 0 Å². The number of nitrogens with one attached hydrogen (secondary N) is 1. The maximum absolute atomic E-state index is 12.4. The molecule has 5 nitrogen and oxygen atoms in total. The Hall–Kier alpha value is -2.53. The van der Waals surface area contributed by atoms with Gasteiger partial charge in [-0.05, 0) is 43.2 Å². The van der Waals surface area contributed by atoms with E-state index in [1.807, 2.05) is 31.2 Å². The van der Waals surface area contributed by atoms with E-state index in [2.05, 4.69) is 10.1 Å². The minimum absolute atomic E-state index is 0.298. The quantitative estimate of drug-likeness (QED) is 0.787. The van der Waals surface area contributed by atoms with Gasteiger partial charge in [-0.3, -0.25) is 4.79 Å². The maximum atomic E-state index is 12.4. The minimum atomic E-state index is -0.731. The lowest BCUT2D eigenvalue weighted by Gasteiger charge is -2.17. The van der Waals surface area contributed by atoms with Gasteiger partial charge in [0.05, 0.1) is 23.4 Å². The van der Waals surface area contributed by atoms with E-state index in [1.54, 1.807) is 6.92 Å². The molecule has 0 aliphatic heterocycles. The Morgan fingerprint density at radius 3 is 2.60 bits per heavy atom. The highest BCUT2D eigenvalue weighted by Crippen LogP contribution is 2.25. The molecule has 0 saturated carbocycles. The van der Waals surface area contributed by atoms with Crippen molar-refractivity contribution in [3.63, 3.8) is 0 Å². The summed E-state index contributed by atoms with van der Waals surface area (Å²) in [6.45, 7) is 3.67. The number of methoxy groups -OCH3 is 1. The number of halogens is 1. The van der Waals surface area contributed by atoms with Crippen LogP contribution in [0.2, 0.25) is 5.02 Å². The number of para-hydroxylation sites is 1. The molecule has 25 heavy (non-hydrogen) atoms. The second-order valence-electron chi connectivity index (χ2n) is 5.40. The van der Waals surface area contributed by atoms with E-state index in [0.29, 0.717) is 22.0 Å².